The third kappa shape index (κ3) is 10.8. The van der Waals surface area contributed by atoms with Crippen LogP contribution in [0.4, 0.5) is 0 Å². The minimum absolute atomic E-state index is 0. The Morgan fingerprint density at radius 2 is 1.59 bits per heavy atom. The fourth-order valence-electron chi connectivity index (χ4n) is 1.97. The van der Waals surface area contributed by atoms with Gasteiger partial charge in [0.25, 0.3) is 0 Å². The highest BCUT2D eigenvalue weighted by atomic mass is 15.1. The Morgan fingerprint density at radius 3 is 2.09 bits per heavy atom. The molecule has 0 bridgehead atoms. The maximum atomic E-state index is 3.53. The quantitative estimate of drug-likeness (QED) is 0.681. The molecule has 0 saturated heterocycles. The summed E-state index contributed by atoms with van der Waals surface area (Å²) in [7, 11) is 2.18. The van der Waals surface area contributed by atoms with Gasteiger partial charge in [0.2, 0.25) is 0 Å². The third-order valence-corrected chi connectivity index (χ3v) is 3.84. The van der Waals surface area contributed by atoms with Crippen LogP contribution < -0.4 is 5.32 Å². The van der Waals surface area contributed by atoms with Crippen molar-refractivity contribution in [2.45, 2.75) is 72.9 Å². The van der Waals surface area contributed by atoms with Crippen LogP contribution in [-0.2, 0) is 13.0 Å². The summed E-state index contributed by atoms with van der Waals surface area (Å²) >= 11 is 0. The lowest BCUT2D eigenvalue weighted by molar-refractivity contribution is 0.347. The van der Waals surface area contributed by atoms with Gasteiger partial charge in [-0.15, -0.1) is 0 Å². The summed E-state index contributed by atoms with van der Waals surface area (Å²) in [6, 6.07) is 9.67. The number of nitrogens with zero attached hydrogens (tertiary/aromatic N) is 1. The highest BCUT2D eigenvalue weighted by molar-refractivity contribution is 5.22. The van der Waals surface area contributed by atoms with Gasteiger partial charge in [0.05, 0.1) is 0 Å². The minimum atomic E-state index is 0. The van der Waals surface area contributed by atoms with Crippen molar-refractivity contribution in [2.24, 2.45) is 0 Å². The zero-order valence-corrected chi connectivity index (χ0v) is 15.8. The maximum absolute atomic E-state index is 3.53. The zero-order valence-electron chi connectivity index (χ0n) is 15.8. The number of nitrogens with one attached hydrogen (secondary N) is 1. The first-order valence-corrected chi connectivity index (χ1v) is 9.06. The van der Waals surface area contributed by atoms with E-state index in [1.165, 1.54) is 43.4 Å². The molecular weight excluding hydrogens is 268 g/mol. The molecule has 1 rings (SSSR count). The summed E-state index contributed by atoms with van der Waals surface area (Å²) in [5.74, 6) is 0. The second kappa shape index (κ2) is 13.8. The van der Waals surface area contributed by atoms with Gasteiger partial charge in [0.1, 0.15) is 0 Å². The van der Waals surface area contributed by atoms with Crippen LogP contribution in [-0.4, -0.2) is 31.1 Å². The van der Waals surface area contributed by atoms with E-state index in [0.29, 0.717) is 6.04 Å². The molecule has 0 aromatic heterocycles. The fourth-order valence-corrected chi connectivity index (χ4v) is 1.97. The van der Waals surface area contributed by atoms with Crippen LogP contribution >= 0.6 is 0 Å². The Bertz CT molecular complexity index is 351. The molecule has 130 valence electrons. The standard InChI is InChI=1S/C17H30N2.C3H8.H2/c1-5-15(3)18-14-17-11-9-16(10-12-17)8-7-13-19(4)6-2;1-3-2;/h9-12,15,18H,5-8,13-14H2,1-4H3;3H2,1-2H3;1H. The molecule has 0 saturated carbocycles. The Hall–Kier alpha value is -0.860. The van der Waals surface area contributed by atoms with Crippen molar-refractivity contribution < 1.29 is 1.43 Å². The summed E-state index contributed by atoms with van der Waals surface area (Å²) in [4.78, 5) is 2.37. The van der Waals surface area contributed by atoms with Gasteiger partial charge in [-0.1, -0.05) is 58.4 Å². The molecule has 0 fully saturated rings. The summed E-state index contributed by atoms with van der Waals surface area (Å²) in [6.07, 6.45) is 4.86. The van der Waals surface area contributed by atoms with Gasteiger partial charge < -0.3 is 10.2 Å². The van der Waals surface area contributed by atoms with E-state index in [9.17, 15) is 0 Å². The van der Waals surface area contributed by atoms with Crippen molar-refractivity contribution in [3.05, 3.63) is 35.4 Å². The number of hydrogen-bond acceptors (Lipinski definition) is 2. The van der Waals surface area contributed by atoms with Crippen LogP contribution in [0.3, 0.4) is 0 Å². The first-order valence-electron chi connectivity index (χ1n) is 9.06. The van der Waals surface area contributed by atoms with Gasteiger partial charge >= 0.3 is 0 Å². The average Bonchev–Trinajstić information content (AvgIpc) is 2.54. The molecule has 1 aromatic rings. The molecule has 1 atom stereocenters. The molecule has 22 heavy (non-hydrogen) atoms. The van der Waals surface area contributed by atoms with Crippen LogP contribution in [0.2, 0.25) is 0 Å². The number of hydrogen-bond donors (Lipinski definition) is 1. The predicted molar refractivity (Wildman–Crippen MR) is 103 cm³/mol. The molecule has 2 nitrogen and oxygen atoms in total. The molecule has 0 aliphatic carbocycles. The van der Waals surface area contributed by atoms with Crippen LogP contribution in [0.15, 0.2) is 24.3 Å². The highest BCUT2D eigenvalue weighted by Crippen LogP contribution is 2.07. The molecule has 0 aliphatic heterocycles. The molecular formula is C20H40N2. The van der Waals surface area contributed by atoms with Crippen molar-refractivity contribution >= 4 is 0 Å². The van der Waals surface area contributed by atoms with E-state index >= 15 is 0 Å². The smallest absolute Gasteiger partial charge is 0.0207 e. The van der Waals surface area contributed by atoms with E-state index in [1.807, 2.05) is 0 Å². The molecule has 0 aliphatic rings. The number of aryl methyl sites for hydroxylation is 1. The summed E-state index contributed by atoms with van der Waals surface area (Å²) in [5.41, 5.74) is 2.84. The number of benzene rings is 1. The second-order valence-electron chi connectivity index (χ2n) is 6.21. The highest BCUT2D eigenvalue weighted by Gasteiger charge is 2.00. The molecule has 0 radical (unpaired) electrons. The minimum Gasteiger partial charge on any atom is -0.310 e. The molecule has 0 heterocycles. The van der Waals surface area contributed by atoms with E-state index in [0.717, 1.165) is 13.1 Å². The van der Waals surface area contributed by atoms with Crippen LogP contribution in [0.1, 0.15) is 66.4 Å². The second-order valence-corrected chi connectivity index (χ2v) is 6.21. The van der Waals surface area contributed by atoms with Crippen molar-refractivity contribution in [1.82, 2.24) is 10.2 Å². The summed E-state index contributed by atoms with van der Waals surface area (Å²) in [5, 5.41) is 3.53. The molecule has 0 amide bonds. The average molecular weight is 309 g/mol. The summed E-state index contributed by atoms with van der Waals surface area (Å²) < 4.78 is 0. The van der Waals surface area contributed by atoms with E-state index in [-0.39, 0.29) is 1.43 Å². The van der Waals surface area contributed by atoms with Gasteiger partial charge in [0.15, 0.2) is 0 Å². The normalized spacial score (nSPS) is 12.0. The Morgan fingerprint density at radius 1 is 1.05 bits per heavy atom. The molecule has 2 heteroatoms. The maximum Gasteiger partial charge on any atom is 0.0207 e. The fraction of sp³-hybridized carbons (Fsp3) is 0.700. The first-order chi connectivity index (χ1) is 10.6. The lowest BCUT2D eigenvalue weighted by Gasteiger charge is -2.13. The zero-order chi connectivity index (χ0) is 16.8. The molecule has 0 spiro atoms. The van der Waals surface area contributed by atoms with Gasteiger partial charge in [-0.05, 0) is 57.5 Å². The van der Waals surface area contributed by atoms with E-state index in [2.05, 4.69) is 76.1 Å². The first kappa shape index (κ1) is 21.1. The van der Waals surface area contributed by atoms with Crippen LogP contribution in [0, 0.1) is 0 Å². The van der Waals surface area contributed by atoms with Gasteiger partial charge in [-0.3, -0.25) is 0 Å². The molecule has 1 N–H and O–H groups in total. The number of rotatable bonds is 9. The third-order valence-electron chi connectivity index (χ3n) is 3.84. The van der Waals surface area contributed by atoms with Crippen molar-refractivity contribution in [2.75, 3.05) is 20.1 Å². The predicted octanol–water partition coefficient (Wildman–Crippen LogP) is 5.12. The van der Waals surface area contributed by atoms with Crippen LogP contribution in [0.25, 0.3) is 0 Å². The van der Waals surface area contributed by atoms with Gasteiger partial charge in [0, 0.05) is 14.0 Å². The topological polar surface area (TPSA) is 15.3 Å². The Kier molecular flexibility index (Phi) is 13.2. The summed E-state index contributed by atoms with van der Waals surface area (Å²) in [6.45, 7) is 14.2. The SMILES string of the molecule is CCC.CCC(C)NCc1ccc(CCCN(C)CC)cc1.[HH]. The van der Waals surface area contributed by atoms with Crippen molar-refractivity contribution in [3.63, 3.8) is 0 Å². The Labute approximate surface area is 140 Å². The van der Waals surface area contributed by atoms with Gasteiger partial charge in [-0.2, -0.15) is 0 Å². The molecule has 1 aromatic carbocycles. The van der Waals surface area contributed by atoms with Crippen molar-refractivity contribution in [1.29, 1.82) is 0 Å². The van der Waals surface area contributed by atoms with Crippen molar-refractivity contribution in [3.8, 4) is 0 Å². The van der Waals surface area contributed by atoms with E-state index in [1.54, 1.807) is 0 Å². The lowest BCUT2D eigenvalue weighted by atomic mass is 10.1. The van der Waals surface area contributed by atoms with E-state index < -0.39 is 0 Å². The van der Waals surface area contributed by atoms with Gasteiger partial charge in [-0.25, -0.2) is 0 Å². The Balaban J connectivity index is 0. The van der Waals surface area contributed by atoms with E-state index in [4.69, 9.17) is 0 Å². The monoisotopic (exact) mass is 308 g/mol. The lowest BCUT2D eigenvalue weighted by Crippen LogP contribution is -2.24. The molecule has 1 unspecified atom stereocenters. The largest absolute Gasteiger partial charge is 0.310 e. The van der Waals surface area contributed by atoms with Crippen LogP contribution in [0.5, 0.6) is 0 Å².